The van der Waals surface area contributed by atoms with E-state index in [-0.39, 0.29) is 13.1 Å². The number of likely N-dealkylation sites (tertiary alicyclic amines) is 2. The quantitative estimate of drug-likeness (QED) is 0.408. The Hall–Kier alpha value is -3.21. The van der Waals surface area contributed by atoms with Gasteiger partial charge in [-0.25, -0.2) is 0 Å². The van der Waals surface area contributed by atoms with Crippen LogP contribution in [0, 0.1) is 10.8 Å². The summed E-state index contributed by atoms with van der Waals surface area (Å²) in [6, 6.07) is 9.16. The first kappa shape index (κ1) is 25.9. The predicted molar refractivity (Wildman–Crippen MR) is 131 cm³/mol. The third kappa shape index (κ3) is 3.89. The number of piperidine rings is 2. The summed E-state index contributed by atoms with van der Waals surface area (Å²) in [5.41, 5.74) is -2.34. The molecule has 0 spiro atoms. The predicted octanol–water partition coefficient (Wildman–Crippen LogP) is 0.970. The maximum absolute atomic E-state index is 14.7. The Morgan fingerprint density at radius 2 is 1.42 bits per heavy atom. The summed E-state index contributed by atoms with van der Waals surface area (Å²) < 4.78 is 10.6. The molecule has 0 saturated carbocycles. The lowest BCUT2D eigenvalue weighted by Gasteiger charge is -2.60. The summed E-state index contributed by atoms with van der Waals surface area (Å²) in [5, 5.41) is 0. The van der Waals surface area contributed by atoms with Crippen LogP contribution in [0.2, 0.25) is 0 Å². The van der Waals surface area contributed by atoms with Gasteiger partial charge in [-0.1, -0.05) is 12.1 Å². The number of hydrogen-bond acceptors (Lipinski definition) is 10. The van der Waals surface area contributed by atoms with E-state index in [1.165, 1.54) is 14.2 Å². The summed E-state index contributed by atoms with van der Waals surface area (Å²) in [4.78, 5) is 57.1. The van der Waals surface area contributed by atoms with E-state index in [4.69, 9.17) is 9.47 Å². The van der Waals surface area contributed by atoms with Crippen molar-refractivity contribution in [3.05, 3.63) is 60.2 Å². The molecule has 2 aromatic heterocycles. The van der Waals surface area contributed by atoms with Crippen LogP contribution < -0.4 is 0 Å². The van der Waals surface area contributed by atoms with E-state index in [9.17, 15) is 14.4 Å². The van der Waals surface area contributed by atoms with Crippen LogP contribution in [0.25, 0.3) is 0 Å². The molecule has 2 unspecified atom stereocenters. The van der Waals surface area contributed by atoms with Crippen molar-refractivity contribution in [2.45, 2.75) is 12.1 Å². The number of fused-ring (bicyclic) bond motifs is 2. The zero-order valence-electron chi connectivity index (χ0n) is 21.4. The first-order valence-electron chi connectivity index (χ1n) is 11.9. The molecule has 4 heterocycles. The number of pyridine rings is 2. The van der Waals surface area contributed by atoms with Crippen LogP contribution in [0.4, 0.5) is 0 Å². The van der Waals surface area contributed by atoms with Gasteiger partial charge in [-0.3, -0.25) is 34.2 Å². The Bertz CT molecular complexity index is 1030. The maximum Gasteiger partial charge on any atom is 0.322 e. The van der Waals surface area contributed by atoms with Crippen molar-refractivity contribution >= 4 is 17.7 Å². The molecule has 10 heteroatoms. The molecule has 2 aromatic rings. The van der Waals surface area contributed by atoms with Crippen molar-refractivity contribution in [1.29, 1.82) is 0 Å². The third-order valence-electron chi connectivity index (χ3n) is 7.40. The number of carbonyl (C=O) groups is 3. The molecule has 0 aliphatic carbocycles. The lowest BCUT2D eigenvalue weighted by molar-refractivity contribution is -0.204. The Labute approximate surface area is 211 Å². The standard InChI is InChI=1S/C26H33N5O5/c1-29(2)14-15-31-16-25(23(33)35-4)20(18-10-6-8-12-27-18)30(3)21(19-11-7-9-13-28-19)26(17-31,22(25)32)24(34)36-5/h6-13,20-21H,14-17H2,1-5H3/t20-,21+,25?,26?. The summed E-state index contributed by atoms with van der Waals surface area (Å²) >= 11 is 0. The monoisotopic (exact) mass is 495 g/mol. The lowest BCUT2D eigenvalue weighted by Crippen LogP contribution is -2.75. The minimum Gasteiger partial charge on any atom is -0.468 e. The van der Waals surface area contributed by atoms with Gasteiger partial charge in [-0.15, -0.1) is 0 Å². The number of Topliss-reactive ketones (excluding diaryl/α,β-unsaturated/α-hetero) is 1. The average Bonchev–Trinajstić information content (AvgIpc) is 2.89. The fourth-order valence-corrected chi connectivity index (χ4v) is 5.97. The molecule has 2 saturated heterocycles. The van der Waals surface area contributed by atoms with Crippen molar-refractivity contribution in [3.63, 3.8) is 0 Å². The molecule has 2 aliphatic heterocycles. The molecule has 0 radical (unpaired) electrons. The number of hydrogen-bond donors (Lipinski definition) is 0. The van der Waals surface area contributed by atoms with E-state index in [1.54, 1.807) is 43.7 Å². The minimum atomic E-state index is -1.71. The molecule has 0 N–H and O–H groups in total. The zero-order valence-corrected chi connectivity index (χ0v) is 21.4. The van der Waals surface area contributed by atoms with Gasteiger partial charge in [0.2, 0.25) is 0 Å². The average molecular weight is 496 g/mol. The Balaban J connectivity index is 2.03. The fourth-order valence-electron chi connectivity index (χ4n) is 5.97. The molecule has 10 nitrogen and oxygen atoms in total. The van der Waals surface area contributed by atoms with Crippen LogP contribution in [0.5, 0.6) is 0 Å². The second-order valence-corrected chi connectivity index (χ2v) is 9.75. The number of nitrogens with zero attached hydrogens (tertiary/aromatic N) is 5. The molecule has 4 atom stereocenters. The van der Waals surface area contributed by atoms with Gasteiger partial charge in [0.1, 0.15) is 0 Å². The Morgan fingerprint density at radius 1 is 0.944 bits per heavy atom. The summed E-state index contributed by atoms with van der Waals surface area (Å²) in [6.45, 7) is 1.38. The van der Waals surface area contributed by atoms with E-state index in [0.717, 1.165) is 0 Å². The van der Waals surface area contributed by atoms with Gasteiger partial charge in [0, 0.05) is 38.6 Å². The molecular formula is C26H33N5O5. The number of methoxy groups -OCH3 is 2. The first-order chi connectivity index (χ1) is 17.2. The van der Waals surface area contributed by atoms with E-state index in [1.807, 2.05) is 40.9 Å². The van der Waals surface area contributed by atoms with E-state index >= 15 is 0 Å². The van der Waals surface area contributed by atoms with Crippen molar-refractivity contribution in [1.82, 2.24) is 24.7 Å². The van der Waals surface area contributed by atoms with Gasteiger partial charge in [0.25, 0.3) is 0 Å². The maximum atomic E-state index is 14.7. The van der Waals surface area contributed by atoms with Crippen LogP contribution in [0.1, 0.15) is 23.5 Å². The van der Waals surface area contributed by atoms with Gasteiger partial charge in [-0.2, -0.15) is 0 Å². The number of aromatic nitrogens is 2. The highest BCUT2D eigenvalue weighted by Crippen LogP contribution is 2.60. The van der Waals surface area contributed by atoms with Crippen molar-refractivity contribution in [3.8, 4) is 0 Å². The van der Waals surface area contributed by atoms with Crippen molar-refractivity contribution < 1.29 is 23.9 Å². The van der Waals surface area contributed by atoms with Crippen LogP contribution in [-0.2, 0) is 23.9 Å². The molecule has 4 rings (SSSR count). The molecule has 36 heavy (non-hydrogen) atoms. The van der Waals surface area contributed by atoms with Crippen LogP contribution in [0.3, 0.4) is 0 Å². The van der Waals surface area contributed by atoms with Gasteiger partial charge >= 0.3 is 11.9 Å². The highest BCUT2D eigenvalue weighted by atomic mass is 16.5. The fraction of sp³-hybridized carbons (Fsp3) is 0.500. The van der Waals surface area contributed by atoms with E-state index < -0.39 is 40.6 Å². The van der Waals surface area contributed by atoms with Crippen LogP contribution in [-0.4, -0.2) is 104 Å². The van der Waals surface area contributed by atoms with Crippen LogP contribution in [0.15, 0.2) is 48.8 Å². The summed E-state index contributed by atoms with van der Waals surface area (Å²) in [5.74, 6) is -1.91. The summed E-state index contributed by atoms with van der Waals surface area (Å²) in [7, 11) is 8.23. The van der Waals surface area contributed by atoms with Gasteiger partial charge in [-0.05, 0) is 45.4 Å². The molecule has 0 amide bonds. The molecule has 2 fully saturated rings. The van der Waals surface area contributed by atoms with Crippen molar-refractivity contribution in [2.24, 2.45) is 10.8 Å². The summed E-state index contributed by atoms with van der Waals surface area (Å²) in [6.07, 6.45) is 3.26. The topological polar surface area (TPSA) is 105 Å². The number of rotatable bonds is 7. The third-order valence-corrected chi connectivity index (χ3v) is 7.40. The van der Waals surface area contributed by atoms with Gasteiger partial charge < -0.3 is 14.4 Å². The number of likely N-dealkylation sites (N-methyl/N-ethyl adjacent to an activating group) is 1. The molecule has 2 bridgehead atoms. The highest BCUT2D eigenvalue weighted by Gasteiger charge is 2.75. The highest BCUT2D eigenvalue weighted by molar-refractivity contribution is 6.17. The largest absolute Gasteiger partial charge is 0.468 e. The Kier molecular flexibility index (Phi) is 7.21. The molecule has 192 valence electrons. The Morgan fingerprint density at radius 3 is 1.78 bits per heavy atom. The number of esters is 2. The molecule has 0 aromatic carbocycles. The number of ether oxygens (including phenoxy) is 2. The lowest BCUT2D eigenvalue weighted by atomic mass is 9.54. The van der Waals surface area contributed by atoms with Crippen LogP contribution >= 0.6 is 0 Å². The minimum absolute atomic E-state index is 0.0889. The van der Waals surface area contributed by atoms with E-state index in [2.05, 4.69) is 9.97 Å². The molecule has 2 aliphatic rings. The van der Waals surface area contributed by atoms with Gasteiger partial charge in [0.15, 0.2) is 16.6 Å². The first-order valence-corrected chi connectivity index (χ1v) is 11.9. The smallest absolute Gasteiger partial charge is 0.322 e. The molecular weight excluding hydrogens is 462 g/mol. The van der Waals surface area contributed by atoms with E-state index in [0.29, 0.717) is 24.5 Å². The second-order valence-electron chi connectivity index (χ2n) is 9.75. The van der Waals surface area contributed by atoms with Crippen molar-refractivity contribution in [2.75, 3.05) is 61.5 Å². The normalized spacial score (nSPS) is 28.7. The zero-order chi connectivity index (χ0) is 26.1. The number of carbonyl (C=O) groups excluding carboxylic acids is 3. The van der Waals surface area contributed by atoms with Gasteiger partial charge in [0.05, 0.1) is 37.7 Å². The number of ketones is 1. The SMILES string of the molecule is COC(=O)C12CN(CCN(C)C)CC(C(=O)OC)(C1=O)[C@@H](c1ccccn1)N(C)[C@H]2c1ccccn1. The second kappa shape index (κ2) is 10.0.